The molecule has 0 aromatic heterocycles. The fraction of sp³-hybridized carbons (Fsp3) is 0.875. The van der Waals surface area contributed by atoms with Crippen LogP contribution in [0.2, 0.25) is 0 Å². The summed E-state index contributed by atoms with van der Waals surface area (Å²) >= 11 is 0. The van der Waals surface area contributed by atoms with E-state index in [0.29, 0.717) is 26.1 Å². The average molecular weight is 297 g/mol. The zero-order chi connectivity index (χ0) is 15.3. The molecule has 1 saturated heterocycles. The van der Waals surface area contributed by atoms with Gasteiger partial charge in [-0.2, -0.15) is 0 Å². The lowest BCUT2D eigenvalue weighted by Crippen LogP contribution is -2.44. The molecule has 2 aliphatic rings. The Labute approximate surface area is 126 Å². The Balaban J connectivity index is 2.01. The van der Waals surface area contributed by atoms with Gasteiger partial charge in [0.2, 0.25) is 5.91 Å². The van der Waals surface area contributed by atoms with Gasteiger partial charge in [0.1, 0.15) is 0 Å². The number of rotatable bonds is 4. The van der Waals surface area contributed by atoms with Gasteiger partial charge in [-0.3, -0.25) is 9.59 Å². The third-order valence-electron chi connectivity index (χ3n) is 5.14. The van der Waals surface area contributed by atoms with Crippen molar-refractivity contribution in [2.24, 2.45) is 5.41 Å². The van der Waals surface area contributed by atoms with Gasteiger partial charge in [0.15, 0.2) is 0 Å². The Kier molecular flexibility index (Phi) is 5.62. The molecular weight excluding hydrogens is 270 g/mol. The predicted octanol–water partition coefficient (Wildman–Crippen LogP) is 2.44. The first kappa shape index (κ1) is 16.3. The first-order valence-corrected chi connectivity index (χ1v) is 8.12. The summed E-state index contributed by atoms with van der Waals surface area (Å²) < 4.78 is 5.32. The number of carboxylic acid groups (broad SMARTS) is 1. The summed E-state index contributed by atoms with van der Waals surface area (Å²) in [4.78, 5) is 26.1. The van der Waals surface area contributed by atoms with Crippen LogP contribution in [0.4, 0.5) is 0 Å². The molecular formula is C16H27NO4. The number of amides is 1. The molecule has 1 amide bonds. The fourth-order valence-corrected chi connectivity index (χ4v) is 3.56. The van der Waals surface area contributed by atoms with E-state index in [2.05, 4.69) is 0 Å². The zero-order valence-electron chi connectivity index (χ0n) is 13.0. The van der Waals surface area contributed by atoms with Gasteiger partial charge >= 0.3 is 5.97 Å². The number of hydrogen-bond acceptors (Lipinski definition) is 3. The molecule has 1 aliphatic heterocycles. The molecule has 0 unspecified atom stereocenters. The largest absolute Gasteiger partial charge is 0.481 e. The predicted molar refractivity (Wildman–Crippen MR) is 79.0 cm³/mol. The lowest BCUT2D eigenvalue weighted by atomic mass is 9.77. The van der Waals surface area contributed by atoms with Crippen LogP contribution in [0.15, 0.2) is 0 Å². The van der Waals surface area contributed by atoms with E-state index in [9.17, 15) is 14.7 Å². The molecule has 0 aromatic rings. The van der Waals surface area contributed by atoms with E-state index in [0.717, 1.165) is 38.5 Å². The van der Waals surface area contributed by atoms with Crippen LogP contribution in [0.25, 0.3) is 0 Å². The number of carbonyl (C=O) groups is 2. The van der Waals surface area contributed by atoms with Crippen LogP contribution in [0.3, 0.4) is 0 Å². The summed E-state index contributed by atoms with van der Waals surface area (Å²) in [6.45, 7) is 1.37. The van der Waals surface area contributed by atoms with Crippen LogP contribution in [0.1, 0.15) is 57.8 Å². The molecule has 0 bridgehead atoms. The highest BCUT2D eigenvalue weighted by molar-refractivity contribution is 5.85. The van der Waals surface area contributed by atoms with Crippen LogP contribution in [0.5, 0.6) is 0 Å². The molecule has 0 atom stereocenters. The highest BCUT2D eigenvalue weighted by Gasteiger charge is 2.41. The van der Waals surface area contributed by atoms with Crippen LogP contribution >= 0.6 is 0 Å². The van der Waals surface area contributed by atoms with Crippen molar-refractivity contribution < 1.29 is 19.4 Å². The second-order valence-corrected chi connectivity index (χ2v) is 6.52. The summed E-state index contributed by atoms with van der Waals surface area (Å²) in [5.74, 6) is -0.815. The summed E-state index contributed by atoms with van der Waals surface area (Å²) in [5, 5.41) is 9.66. The molecule has 0 radical (unpaired) electrons. The number of nitrogens with zero attached hydrogens (tertiary/aromatic N) is 1. The van der Waals surface area contributed by atoms with E-state index in [1.807, 2.05) is 7.05 Å². The molecule has 120 valence electrons. The smallest absolute Gasteiger partial charge is 0.310 e. The van der Waals surface area contributed by atoms with Gasteiger partial charge in [0, 0.05) is 32.7 Å². The summed E-state index contributed by atoms with van der Waals surface area (Å²) in [6, 6.07) is 0.197. The Hall–Kier alpha value is -1.10. The highest BCUT2D eigenvalue weighted by Crippen LogP contribution is 2.39. The highest BCUT2D eigenvalue weighted by atomic mass is 16.5. The average Bonchev–Trinajstić information content (AvgIpc) is 2.74. The van der Waals surface area contributed by atoms with E-state index in [1.54, 1.807) is 4.90 Å². The Morgan fingerprint density at radius 2 is 1.71 bits per heavy atom. The van der Waals surface area contributed by atoms with Crippen LogP contribution < -0.4 is 0 Å². The molecule has 5 heteroatoms. The van der Waals surface area contributed by atoms with Gasteiger partial charge in [-0.15, -0.1) is 0 Å². The second-order valence-electron chi connectivity index (χ2n) is 6.52. The molecule has 2 fully saturated rings. The van der Waals surface area contributed by atoms with Crippen molar-refractivity contribution in [3.63, 3.8) is 0 Å². The van der Waals surface area contributed by atoms with E-state index in [4.69, 9.17) is 4.74 Å². The van der Waals surface area contributed by atoms with Gasteiger partial charge in [-0.05, 0) is 25.7 Å². The van der Waals surface area contributed by atoms with E-state index < -0.39 is 11.4 Å². The number of aliphatic carboxylic acids is 1. The maximum absolute atomic E-state index is 12.6. The molecule has 1 heterocycles. The fourth-order valence-electron chi connectivity index (χ4n) is 3.56. The van der Waals surface area contributed by atoms with E-state index in [-0.39, 0.29) is 18.4 Å². The van der Waals surface area contributed by atoms with Gasteiger partial charge in [0.05, 0.1) is 5.41 Å². The molecule has 5 nitrogen and oxygen atoms in total. The standard InChI is InChI=1S/C16H27NO4/c1-17(13-6-10-21-11-7-13)14(18)12-16(15(19)20)8-4-2-3-5-9-16/h13H,2-12H2,1H3,(H,19,20). The minimum atomic E-state index is -0.840. The van der Waals surface area contributed by atoms with Gasteiger partial charge in [-0.25, -0.2) is 0 Å². The van der Waals surface area contributed by atoms with Crippen molar-refractivity contribution in [1.82, 2.24) is 4.90 Å². The number of ether oxygens (including phenoxy) is 1. The SMILES string of the molecule is CN(C(=O)CC1(C(=O)O)CCCCCC1)C1CCOCC1. The summed E-state index contributed by atoms with van der Waals surface area (Å²) in [7, 11) is 1.81. The van der Waals surface area contributed by atoms with Crippen molar-refractivity contribution in [3.8, 4) is 0 Å². The molecule has 1 N–H and O–H groups in total. The third kappa shape index (κ3) is 3.96. The molecule has 0 aromatic carbocycles. The van der Waals surface area contributed by atoms with E-state index >= 15 is 0 Å². The normalized spacial score (nSPS) is 23.3. The van der Waals surface area contributed by atoms with Crippen molar-refractivity contribution >= 4 is 11.9 Å². The van der Waals surface area contributed by atoms with Crippen LogP contribution in [-0.4, -0.2) is 48.2 Å². The maximum Gasteiger partial charge on any atom is 0.310 e. The van der Waals surface area contributed by atoms with Crippen molar-refractivity contribution in [3.05, 3.63) is 0 Å². The van der Waals surface area contributed by atoms with Crippen molar-refractivity contribution in [2.75, 3.05) is 20.3 Å². The zero-order valence-corrected chi connectivity index (χ0v) is 13.0. The molecule has 1 saturated carbocycles. The van der Waals surface area contributed by atoms with Gasteiger partial charge in [-0.1, -0.05) is 25.7 Å². The Morgan fingerprint density at radius 1 is 1.14 bits per heavy atom. The van der Waals surface area contributed by atoms with Crippen molar-refractivity contribution in [2.45, 2.75) is 63.8 Å². The van der Waals surface area contributed by atoms with Crippen molar-refractivity contribution in [1.29, 1.82) is 0 Å². The minimum absolute atomic E-state index is 0.0220. The number of hydrogen-bond donors (Lipinski definition) is 1. The lowest BCUT2D eigenvalue weighted by molar-refractivity contribution is -0.155. The maximum atomic E-state index is 12.6. The van der Waals surface area contributed by atoms with Crippen LogP contribution in [0, 0.1) is 5.41 Å². The molecule has 0 spiro atoms. The molecule has 2 rings (SSSR count). The Morgan fingerprint density at radius 3 is 2.24 bits per heavy atom. The molecule has 21 heavy (non-hydrogen) atoms. The number of carbonyl (C=O) groups excluding carboxylic acids is 1. The summed E-state index contributed by atoms with van der Waals surface area (Å²) in [6.07, 6.45) is 7.12. The van der Waals surface area contributed by atoms with Crippen LogP contribution in [-0.2, 0) is 14.3 Å². The first-order valence-electron chi connectivity index (χ1n) is 8.12. The summed E-state index contributed by atoms with van der Waals surface area (Å²) in [5.41, 5.74) is -0.840. The topological polar surface area (TPSA) is 66.8 Å². The monoisotopic (exact) mass is 297 g/mol. The van der Waals surface area contributed by atoms with Gasteiger partial charge in [0.25, 0.3) is 0 Å². The van der Waals surface area contributed by atoms with Gasteiger partial charge < -0.3 is 14.7 Å². The van der Waals surface area contributed by atoms with E-state index in [1.165, 1.54) is 0 Å². The number of carboxylic acids is 1. The first-order chi connectivity index (χ1) is 10.1. The Bertz CT molecular complexity index is 368. The second kappa shape index (κ2) is 7.25. The minimum Gasteiger partial charge on any atom is -0.481 e. The quantitative estimate of drug-likeness (QED) is 0.809. The lowest BCUT2D eigenvalue weighted by Gasteiger charge is -2.34. The third-order valence-corrected chi connectivity index (χ3v) is 5.14. The molecule has 1 aliphatic carbocycles.